The molecule has 0 radical (unpaired) electrons. The van der Waals surface area contributed by atoms with Crippen molar-refractivity contribution in [2.75, 3.05) is 6.61 Å². The average Bonchev–Trinajstić information content (AvgIpc) is 3.17. The largest absolute Gasteiger partial charge is 0.478 e. The van der Waals surface area contributed by atoms with Crippen molar-refractivity contribution in [3.05, 3.63) is 95.1 Å². The maximum atomic E-state index is 12.9. The van der Waals surface area contributed by atoms with E-state index in [2.05, 4.69) is 27.8 Å². The van der Waals surface area contributed by atoms with E-state index in [1.807, 2.05) is 0 Å². The van der Waals surface area contributed by atoms with Crippen molar-refractivity contribution in [2.24, 2.45) is 0 Å². The summed E-state index contributed by atoms with van der Waals surface area (Å²) in [5, 5.41) is 20.6. The molecule has 0 aliphatic heterocycles. The van der Waals surface area contributed by atoms with Gasteiger partial charge in [-0.05, 0) is 70.9 Å². The van der Waals surface area contributed by atoms with Gasteiger partial charge in [-0.1, -0.05) is 11.8 Å². The van der Waals surface area contributed by atoms with Crippen LogP contribution in [-0.4, -0.2) is 34.4 Å². The molecule has 0 fully saturated rings. The summed E-state index contributed by atoms with van der Waals surface area (Å²) < 4.78 is 5.53. The first kappa shape index (κ1) is 24.8. The highest BCUT2D eigenvalue weighted by atomic mass is 79.9. The summed E-state index contributed by atoms with van der Waals surface area (Å²) in [6.07, 6.45) is 0.000320. The van der Waals surface area contributed by atoms with Crippen molar-refractivity contribution in [2.45, 2.75) is 13.3 Å². The predicted octanol–water partition coefficient (Wildman–Crippen LogP) is 4.85. The molecule has 34 heavy (non-hydrogen) atoms. The lowest BCUT2D eigenvalue weighted by atomic mass is 10.0. The Morgan fingerprint density at radius 2 is 1.76 bits per heavy atom. The van der Waals surface area contributed by atoms with E-state index in [-0.39, 0.29) is 35.4 Å². The van der Waals surface area contributed by atoms with Gasteiger partial charge in [-0.25, -0.2) is 4.79 Å². The summed E-state index contributed by atoms with van der Waals surface area (Å²) in [5.74, 6) is 3.56. The second-order valence-corrected chi connectivity index (χ2v) is 9.21. The number of esters is 1. The third-order valence-electron chi connectivity index (χ3n) is 4.55. The predicted molar refractivity (Wildman–Crippen MR) is 128 cm³/mol. The standard InChI is InChI=1S/C24H16BrNO7S/c1-2-33-21(27)13-18-12-20(34-23(18)25)22(28)17-10-9-15(19(11-17)26(31)32)6-3-14-4-7-16(8-5-14)24(29)30/h4-5,7-12H,2,13H2,1H3,(H,29,30). The summed E-state index contributed by atoms with van der Waals surface area (Å²) in [5.41, 5.74) is 1.07. The normalized spacial score (nSPS) is 10.2. The lowest BCUT2D eigenvalue weighted by Crippen LogP contribution is -2.07. The van der Waals surface area contributed by atoms with Crippen LogP contribution >= 0.6 is 27.3 Å². The fourth-order valence-electron chi connectivity index (χ4n) is 2.91. The zero-order chi connectivity index (χ0) is 24.8. The number of ketones is 1. The van der Waals surface area contributed by atoms with Crippen LogP contribution in [0.2, 0.25) is 0 Å². The van der Waals surface area contributed by atoms with E-state index in [9.17, 15) is 24.5 Å². The van der Waals surface area contributed by atoms with Crippen LogP contribution in [0.25, 0.3) is 0 Å². The van der Waals surface area contributed by atoms with Gasteiger partial charge in [0.1, 0.15) is 5.56 Å². The van der Waals surface area contributed by atoms with E-state index in [1.54, 1.807) is 13.0 Å². The van der Waals surface area contributed by atoms with Crippen molar-refractivity contribution >= 4 is 50.7 Å². The molecule has 8 nitrogen and oxygen atoms in total. The van der Waals surface area contributed by atoms with Crippen LogP contribution in [0, 0.1) is 22.0 Å². The SMILES string of the molecule is CCOC(=O)Cc1cc(C(=O)c2ccc(C#Cc3ccc(C(=O)O)cc3)c([N+](=O)[O-])c2)sc1Br. The van der Waals surface area contributed by atoms with E-state index < -0.39 is 22.6 Å². The topological polar surface area (TPSA) is 124 Å². The lowest BCUT2D eigenvalue weighted by molar-refractivity contribution is -0.385. The summed E-state index contributed by atoms with van der Waals surface area (Å²) in [6, 6.07) is 11.4. The molecule has 2 aromatic carbocycles. The van der Waals surface area contributed by atoms with Crippen molar-refractivity contribution in [1.29, 1.82) is 0 Å². The van der Waals surface area contributed by atoms with Crippen molar-refractivity contribution in [3.8, 4) is 11.8 Å². The van der Waals surface area contributed by atoms with Gasteiger partial charge >= 0.3 is 11.9 Å². The number of aromatic carboxylic acids is 1. The molecule has 172 valence electrons. The van der Waals surface area contributed by atoms with Crippen molar-refractivity contribution in [3.63, 3.8) is 0 Å². The Labute approximate surface area is 206 Å². The fourth-order valence-corrected chi connectivity index (χ4v) is 4.56. The smallest absolute Gasteiger partial charge is 0.335 e. The van der Waals surface area contributed by atoms with Crippen LogP contribution in [0.1, 0.15) is 49.2 Å². The quantitative estimate of drug-likeness (QED) is 0.149. The second kappa shape index (κ2) is 10.9. The fraction of sp³-hybridized carbons (Fsp3) is 0.125. The third kappa shape index (κ3) is 5.95. The number of hydrogen-bond donors (Lipinski definition) is 1. The first-order chi connectivity index (χ1) is 16.2. The van der Waals surface area contributed by atoms with Crippen molar-refractivity contribution < 1.29 is 29.2 Å². The van der Waals surface area contributed by atoms with Gasteiger partial charge in [-0.3, -0.25) is 19.7 Å². The molecule has 0 amide bonds. The number of carboxylic acid groups (broad SMARTS) is 1. The molecule has 10 heteroatoms. The molecular weight excluding hydrogens is 526 g/mol. The van der Waals surface area contributed by atoms with Crippen molar-refractivity contribution in [1.82, 2.24) is 0 Å². The number of benzene rings is 2. The second-order valence-electron chi connectivity index (χ2n) is 6.84. The average molecular weight is 542 g/mol. The van der Waals surface area contributed by atoms with E-state index in [1.165, 1.54) is 42.5 Å². The number of hydrogen-bond acceptors (Lipinski definition) is 7. The summed E-state index contributed by atoms with van der Waals surface area (Å²) >= 11 is 4.47. The molecule has 3 rings (SSSR count). The number of halogens is 1. The minimum Gasteiger partial charge on any atom is -0.478 e. The zero-order valence-electron chi connectivity index (χ0n) is 17.7. The number of ether oxygens (including phenoxy) is 1. The number of nitro groups is 1. The molecule has 0 unspecified atom stereocenters. The summed E-state index contributed by atoms with van der Waals surface area (Å²) in [6.45, 7) is 1.95. The van der Waals surface area contributed by atoms with Crippen LogP contribution in [0.3, 0.4) is 0 Å². The number of nitrogens with zero attached hydrogens (tertiary/aromatic N) is 1. The van der Waals surface area contributed by atoms with Crippen LogP contribution in [0.5, 0.6) is 0 Å². The Balaban J connectivity index is 1.87. The molecule has 0 atom stereocenters. The molecule has 1 heterocycles. The third-order valence-corrected chi connectivity index (χ3v) is 6.51. The molecule has 0 spiro atoms. The van der Waals surface area contributed by atoms with E-state index in [0.29, 0.717) is 19.8 Å². The lowest BCUT2D eigenvalue weighted by Gasteiger charge is -2.01. The highest BCUT2D eigenvalue weighted by Crippen LogP contribution is 2.31. The van der Waals surface area contributed by atoms with Gasteiger partial charge in [-0.2, -0.15) is 0 Å². The van der Waals surface area contributed by atoms with Gasteiger partial charge in [0, 0.05) is 17.2 Å². The van der Waals surface area contributed by atoms with Crippen LogP contribution < -0.4 is 0 Å². The van der Waals surface area contributed by atoms with Gasteiger partial charge in [0.2, 0.25) is 5.78 Å². The van der Waals surface area contributed by atoms with Gasteiger partial charge in [-0.15, -0.1) is 11.3 Å². The Morgan fingerprint density at radius 1 is 1.09 bits per heavy atom. The molecule has 1 N–H and O–H groups in total. The summed E-state index contributed by atoms with van der Waals surface area (Å²) in [7, 11) is 0. The number of carboxylic acids is 1. The van der Waals surface area contributed by atoms with E-state index >= 15 is 0 Å². The highest BCUT2D eigenvalue weighted by molar-refractivity contribution is 9.11. The Hall–Kier alpha value is -3.81. The van der Waals surface area contributed by atoms with Gasteiger partial charge < -0.3 is 9.84 Å². The molecule has 0 saturated carbocycles. The minimum absolute atomic E-state index is 0.000320. The number of rotatable bonds is 7. The Morgan fingerprint density at radius 3 is 2.38 bits per heavy atom. The molecule has 0 saturated heterocycles. The van der Waals surface area contributed by atoms with Gasteiger partial charge in [0.15, 0.2) is 0 Å². The Bertz CT molecular complexity index is 1350. The zero-order valence-corrected chi connectivity index (χ0v) is 20.1. The van der Waals surface area contributed by atoms with Crippen LogP contribution in [0.4, 0.5) is 5.69 Å². The van der Waals surface area contributed by atoms with Gasteiger partial charge in [0.25, 0.3) is 5.69 Å². The molecule has 0 bridgehead atoms. The first-order valence-electron chi connectivity index (χ1n) is 9.82. The molecular formula is C24H16BrNO7S. The minimum atomic E-state index is -1.07. The number of carbonyl (C=O) groups excluding carboxylic acids is 2. The Kier molecular flexibility index (Phi) is 7.94. The molecule has 1 aromatic heterocycles. The number of thiophene rings is 1. The first-order valence-corrected chi connectivity index (χ1v) is 11.4. The van der Waals surface area contributed by atoms with E-state index in [4.69, 9.17) is 9.84 Å². The maximum Gasteiger partial charge on any atom is 0.335 e. The van der Waals surface area contributed by atoms with E-state index in [0.717, 1.165) is 11.3 Å². The van der Waals surface area contributed by atoms with Crippen LogP contribution in [-0.2, 0) is 16.0 Å². The number of nitro benzene ring substituents is 1. The highest BCUT2D eigenvalue weighted by Gasteiger charge is 2.21. The monoisotopic (exact) mass is 541 g/mol. The van der Waals surface area contributed by atoms with Gasteiger partial charge in [0.05, 0.1) is 32.2 Å². The number of carbonyl (C=O) groups is 3. The summed E-state index contributed by atoms with van der Waals surface area (Å²) in [4.78, 5) is 46.9. The molecule has 0 aliphatic carbocycles. The maximum absolute atomic E-state index is 12.9. The van der Waals surface area contributed by atoms with Crippen LogP contribution in [0.15, 0.2) is 52.3 Å². The molecule has 0 aliphatic rings. The molecule has 3 aromatic rings.